The molecule has 0 saturated carbocycles. The van der Waals surface area contributed by atoms with Crippen molar-refractivity contribution in [3.8, 4) is 0 Å². The van der Waals surface area contributed by atoms with Crippen molar-refractivity contribution in [2.75, 3.05) is 13.1 Å². The molecule has 0 aliphatic heterocycles. The Hall–Kier alpha value is -0.730. The minimum Gasteiger partial charge on any atom is -0.317 e. The Labute approximate surface area is 49.3 Å². The highest BCUT2D eigenvalue weighted by atomic mass is 15.0. The maximum absolute atomic E-state index is 6.75. The quantitative estimate of drug-likeness (QED) is 0.321. The molecule has 47 valence electrons. The van der Waals surface area contributed by atoms with E-state index < -0.39 is 0 Å². The molecule has 0 aromatic heterocycles. The molecule has 0 fully saturated rings. The highest BCUT2D eigenvalue weighted by molar-refractivity contribution is 4.27. The van der Waals surface area contributed by atoms with Gasteiger partial charge in [0.25, 0.3) is 0 Å². The Morgan fingerprint density at radius 1 is 1.50 bits per heavy atom. The molecule has 0 rings (SSSR count). The molecule has 0 spiro atoms. The molecule has 0 atom stereocenters. The molecule has 4 heteroatoms. The van der Waals surface area contributed by atoms with E-state index in [1.165, 1.54) is 4.91 Å². The van der Waals surface area contributed by atoms with E-state index in [2.05, 4.69) is 19.2 Å². The molecular weight excluding hydrogens is 104 g/mol. The summed E-state index contributed by atoms with van der Waals surface area (Å²) >= 11 is 0. The van der Waals surface area contributed by atoms with E-state index in [0.29, 0.717) is 0 Å². The zero-order valence-electron chi connectivity index (χ0n) is 5.26. The number of nitrogens with one attached hydrogen (secondary N) is 1. The first-order valence-electron chi connectivity index (χ1n) is 2.52. The monoisotopic (exact) mass is 115 g/mol. The first-order chi connectivity index (χ1) is 3.83. The van der Waals surface area contributed by atoms with Crippen LogP contribution >= 0.6 is 0 Å². The van der Waals surface area contributed by atoms with Crippen LogP contribution in [0.3, 0.4) is 0 Å². The van der Waals surface area contributed by atoms with Gasteiger partial charge in [-0.15, -0.1) is 0 Å². The lowest BCUT2D eigenvalue weighted by Gasteiger charge is -1.86. The molecule has 0 aliphatic carbocycles. The van der Waals surface area contributed by atoms with Gasteiger partial charge in [-0.1, -0.05) is 13.8 Å². The zero-order valence-corrected chi connectivity index (χ0v) is 5.26. The van der Waals surface area contributed by atoms with E-state index in [-0.39, 0.29) is 0 Å². The molecule has 0 unspecified atom stereocenters. The van der Waals surface area contributed by atoms with Crippen molar-refractivity contribution in [2.45, 2.75) is 13.8 Å². The van der Waals surface area contributed by atoms with Crippen LogP contribution in [0.25, 0.3) is 10.4 Å². The Bertz CT molecular complexity index is 53.1. The molecule has 8 heavy (non-hydrogen) atoms. The minimum absolute atomic E-state index is 1.09. The summed E-state index contributed by atoms with van der Waals surface area (Å²) in [6, 6.07) is 0. The number of hydrogen-bond donors (Lipinski definition) is 1. The van der Waals surface area contributed by atoms with Gasteiger partial charge in [-0.25, -0.2) is 0 Å². The summed E-state index contributed by atoms with van der Waals surface area (Å²) in [5.74, 6) is 0. The first-order valence-corrected chi connectivity index (χ1v) is 2.52. The van der Waals surface area contributed by atoms with Crippen molar-refractivity contribution in [1.29, 1.82) is 0 Å². The van der Waals surface area contributed by atoms with E-state index in [0.717, 1.165) is 13.1 Å². The van der Waals surface area contributed by atoms with E-state index in [4.69, 9.17) is 11.1 Å². The van der Waals surface area contributed by atoms with Gasteiger partial charge in [0.05, 0.1) is 0 Å². The second-order valence-corrected chi connectivity index (χ2v) is 1.05. The van der Waals surface area contributed by atoms with Crippen molar-refractivity contribution >= 4 is 0 Å². The van der Waals surface area contributed by atoms with Gasteiger partial charge >= 0.3 is 0 Å². The zero-order chi connectivity index (χ0) is 6.83. The lowest BCUT2D eigenvalue weighted by atomic mass is 10.7. The van der Waals surface area contributed by atoms with Crippen LogP contribution in [0, 0.1) is 0 Å². The molecule has 0 saturated heterocycles. The fourth-order valence-corrected chi connectivity index (χ4v) is 0.250. The predicted molar refractivity (Wildman–Crippen MR) is 33.1 cm³/mol. The maximum Gasteiger partial charge on any atom is 0.00660 e. The van der Waals surface area contributed by atoms with Crippen LogP contribution in [-0.4, -0.2) is 13.1 Å². The van der Waals surface area contributed by atoms with Crippen molar-refractivity contribution in [2.24, 2.45) is 0 Å². The molecule has 1 N–H and O–H groups in total. The molecule has 0 heterocycles. The van der Waals surface area contributed by atoms with Crippen LogP contribution in [0.4, 0.5) is 0 Å². The van der Waals surface area contributed by atoms with Gasteiger partial charge in [0.2, 0.25) is 0 Å². The fraction of sp³-hybridized carbons (Fsp3) is 1.00. The van der Waals surface area contributed by atoms with E-state index >= 15 is 0 Å². The van der Waals surface area contributed by atoms with Crippen LogP contribution in [0.15, 0.2) is 0 Å². The van der Waals surface area contributed by atoms with Gasteiger partial charge in [-0.2, -0.15) is 0 Å². The standard InChI is InChI=1S/C4H11N.N3/c1-3-5-4-2;1-3-2/h5H,3-4H2,1-2H3;. The van der Waals surface area contributed by atoms with E-state index in [9.17, 15) is 0 Å². The molecular formula is C4H11N4. The summed E-state index contributed by atoms with van der Waals surface area (Å²) in [4.78, 5) is 1.50. The lowest BCUT2D eigenvalue weighted by Crippen LogP contribution is -2.09. The summed E-state index contributed by atoms with van der Waals surface area (Å²) < 4.78 is 0. The largest absolute Gasteiger partial charge is 0.317 e. The summed E-state index contributed by atoms with van der Waals surface area (Å²) in [5, 5.41) is 3.11. The molecule has 0 bridgehead atoms. The molecule has 0 aromatic carbocycles. The van der Waals surface area contributed by atoms with Crippen LogP contribution in [0.2, 0.25) is 0 Å². The average molecular weight is 115 g/mol. The van der Waals surface area contributed by atoms with Crippen LogP contribution in [0.1, 0.15) is 13.8 Å². The summed E-state index contributed by atoms with van der Waals surface area (Å²) in [7, 11) is 0. The van der Waals surface area contributed by atoms with E-state index in [1.54, 1.807) is 0 Å². The number of hydrogen-bond acceptors (Lipinski definition) is 1. The van der Waals surface area contributed by atoms with Gasteiger partial charge in [-0.05, 0) is 24.2 Å². The third-order valence-electron chi connectivity index (χ3n) is 0.500. The van der Waals surface area contributed by atoms with Gasteiger partial charge in [0, 0.05) is 4.91 Å². The van der Waals surface area contributed by atoms with Crippen molar-refractivity contribution in [3.63, 3.8) is 0 Å². The van der Waals surface area contributed by atoms with Gasteiger partial charge in [0.15, 0.2) is 0 Å². The maximum atomic E-state index is 6.75. The highest BCUT2D eigenvalue weighted by Gasteiger charge is 1.62. The smallest absolute Gasteiger partial charge is 0.00660 e. The Morgan fingerprint density at radius 2 is 1.75 bits per heavy atom. The fourth-order valence-electron chi connectivity index (χ4n) is 0.250. The van der Waals surface area contributed by atoms with E-state index in [1.807, 2.05) is 0 Å². The second-order valence-electron chi connectivity index (χ2n) is 1.05. The molecule has 0 aromatic rings. The van der Waals surface area contributed by atoms with Gasteiger partial charge in [0.1, 0.15) is 0 Å². The number of rotatable bonds is 2. The molecule has 1 radical (unpaired) electrons. The highest BCUT2D eigenvalue weighted by Crippen LogP contribution is 1.47. The number of nitrogens with zero attached hydrogens (tertiary/aromatic N) is 3. The average Bonchev–Trinajstić information content (AvgIpc) is 1.71. The first kappa shape index (κ1) is 10.3. The van der Waals surface area contributed by atoms with Crippen LogP contribution in [0.5, 0.6) is 0 Å². The predicted octanol–water partition coefficient (Wildman–Crippen LogP) is 0.713. The third kappa shape index (κ3) is 59.6. The Balaban J connectivity index is 0. The molecule has 0 aliphatic rings. The third-order valence-corrected chi connectivity index (χ3v) is 0.500. The normalized spacial score (nSPS) is 6.25. The van der Waals surface area contributed by atoms with Crippen LogP contribution in [-0.2, 0) is 0 Å². The van der Waals surface area contributed by atoms with Crippen LogP contribution < -0.4 is 10.8 Å². The topological polar surface area (TPSA) is 70.7 Å². The lowest BCUT2D eigenvalue weighted by molar-refractivity contribution is 0.762. The van der Waals surface area contributed by atoms with Gasteiger partial charge in [-0.3, -0.25) is 0 Å². The van der Waals surface area contributed by atoms with Crippen molar-refractivity contribution in [3.05, 3.63) is 10.4 Å². The summed E-state index contributed by atoms with van der Waals surface area (Å²) in [6.07, 6.45) is 0. The van der Waals surface area contributed by atoms with Crippen molar-refractivity contribution < 1.29 is 0 Å². The Kier molecular flexibility index (Phi) is 20.9. The summed E-state index contributed by atoms with van der Waals surface area (Å²) in [5.41, 5.74) is 13.5. The summed E-state index contributed by atoms with van der Waals surface area (Å²) in [6.45, 7) is 6.39. The minimum atomic E-state index is 1.09. The van der Waals surface area contributed by atoms with Gasteiger partial charge < -0.3 is 5.32 Å². The molecule has 4 nitrogen and oxygen atoms in total. The second kappa shape index (κ2) is 16.3. The SMILES string of the molecule is CCNCC.[N]=[N+]=[N-]. The molecule has 0 amide bonds. The van der Waals surface area contributed by atoms with Crippen molar-refractivity contribution in [1.82, 2.24) is 10.8 Å². The Morgan fingerprint density at radius 3 is 1.75 bits per heavy atom.